The van der Waals surface area contributed by atoms with E-state index in [1.165, 1.54) is 22.5 Å². The SMILES string of the molecule is Nc1cc2c([nH]1)Cc1[nH]c(N)cc1-2. The van der Waals surface area contributed by atoms with Crippen LogP contribution in [0, 0.1) is 0 Å². The van der Waals surface area contributed by atoms with E-state index >= 15 is 0 Å². The van der Waals surface area contributed by atoms with Crippen LogP contribution in [0.25, 0.3) is 11.1 Å². The van der Waals surface area contributed by atoms with E-state index in [-0.39, 0.29) is 0 Å². The minimum Gasteiger partial charge on any atom is -0.385 e. The fraction of sp³-hybridized carbons (Fsp3) is 0.111. The molecule has 2 aromatic rings. The topological polar surface area (TPSA) is 83.6 Å². The smallest absolute Gasteiger partial charge is 0.101 e. The highest BCUT2D eigenvalue weighted by Crippen LogP contribution is 2.38. The molecular weight excluding hydrogens is 164 g/mol. The van der Waals surface area contributed by atoms with E-state index in [2.05, 4.69) is 9.97 Å². The number of aromatic nitrogens is 2. The Kier molecular flexibility index (Phi) is 0.974. The molecule has 0 aromatic carbocycles. The zero-order valence-electron chi connectivity index (χ0n) is 7.02. The molecule has 0 radical (unpaired) electrons. The molecule has 2 heterocycles. The van der Waals surface area contributed by atoms with Crippen molar-refractivity contribution in [3.05, 3.63) is 23.5 Å². The van der Waals surface area contributed by atoms with Crippen molar-refractivity contribution in [2.75, 3.05) is 11.5 Å². The second-order valence-electron chi connectivity index (χ2n) is 3.41. The second kappa shape index (κ2) is 1.90. The summed E-state index contributed by atoms with van der Waals surface area (Å²) in [5, 5.41) is 0. The van der Waals surface area contributed by atoms with E-state index < -0.39 is 0 Å². The van der Waals surface area contributed by atoms with Gasteiger partial charge in [0, 0.05) is 28.9 Å². The Morgan fingerprint density at radius 1 is 0.923 bits per heavy atom. The van der Waals surface area contributed by atoms with Crippen molar-refractivity contribution >= 4 is 11.6 Å². The normalized spacial score (nSPS) is 12.9. The number of nitrogen functional groups attached to an aromatic ring is 2. The maximum absolute atomic E-state index is 5.66. The van der Waals surface area contributed by atoms with Crippen LogP contribution in [0.3, 0.4) is 0 Å². The van der Waals surface area contributed by atoms with Gasteiger partial charge < -0.3 is 21.4 Å². The molecule has 0 atom stereocenters. The van der Waals surface area contributed by atoms with Gasteiger partial charge in [-0.2, -0.15) is 0 Å². The van der Waals surface area contributed by atoms with Crippen LogP contribution in [0.2, 0.25) is 0 Å². The van der Waals surface area contributed by atoms with Gasteiger partial charge >= 0.3 is 0 Å². The number of hydrogen-bond donors (Lipinski definition) is 4. The molecule has 6 N–H and O–H groups in total. The molecule has 0 fully saturated rings. The number of rotatable bonds is 0. The largest absolute Gasteiger partial charge is 0.385 e. The third-order valence-electron chi connectivity index (χ3n) is 2.48. The van der Waals surface area contributed by atoms with Gasteiger partial charge in [-0.05, 0) is 12.1 Å². The van der Waals surface area contributed by atoms with Crippen LogP contribution in [0.15, 0.2) is 12.1 Å². The minimum atomic E-state index is 0.718. The molecule has 0 saturated heterocycles. The molecule has 2 aromatic heterocycles. The maximum Gasteiger partial charge on any atom is 0.101 e. The van der Waals surface area contributed by atoms with Gasteiger partial charge in [-0.1, -0.05) is 0 Å². The molecule has 0 amide bonds. The van der Waals surface area contributed by atoms with Crippen LogP contribution in [-0.2, 0) is 6.42 Å². The molecule has 0 spiro atoms. The summed E-state index contributed by atoms with van der Waals surface area (Å²) >= 11 is 0. The van der Waals surface area contributed by atoms with Crippen LogP contribution in [-0.4, -0.2) is 9.97 Å². The number of H-pyrrole nitrogens is 2. The zero-order chi connectivity index (χ0) is 9.00. The third kappa shape index (κ3) is 0.744. The molecule has 0 saturated carbocycles. The van der Waals surface area contributed by atoms with Gasteiger partial charge in [0.1, 0.15) is 11.6 Å². The Balaban J connectivity index is 2.28. The second-order valence-corrected chi connectivity index (χ2v) is 3.41. The summed E-state index contributed by atoms with van der Waals surface area (Å²) in [6.07, 6.45) is 0.874. The molecule has 13 heavy (non-hydrogen) atoms. The van der Waals surface area contributed by atoms with Crippen LogP contribution in [0.5, 0.6) is 0 Å². The van der Waals surface area contributed by atoms with Crippen LogP contribution < -0.4 is 11.5 Å². The summed E-state index contributed by atoms with van der Waals surface area (Å²) in [6, 6.07) is 3.91. The number of nitrogens with one attached hydrogen (secondary N) is 2. The summed E-state index contributed by atoms with van der Waals surface area (Å²) in [4.78, 5) is 6.25. The first-order valence-electron chi connectivity index (χ1n) is 4.19. The predicted molar refractivity (Wildman–Crippen MR) is 52.2 cm³/mol. The number of aromatic amines is 2. The summed E-state index contributed by atoms with van der Waals surface area (Å²) in [5.41, 5.74) is 16.0. The number of fused-ring (bicyclic) bond motifs is 3. The highest BCUT2D eigenvalue weighted by atomic mass is 14.9. The quantitative estimate of drug-likeness (QED) is 0.411. The average Bonchev–Trinajstić information content (AvgIpc) is 2.60. The highest BCUT2D eigenvalue weighted by Gasteiger charge is 2.22. The Morgan fingerprint density at radius 2 is 1.38 bits per heavy atom. The number of nitrogens with two attached hydrogens (primary N) is 2. The summed E-state index contributed by atoms with van der Waals surface area (Å²) < 4.78 is 0. The van der Waals surface area contributed by atoms with Crippen LogP contribution in [0.4, 0.5) is 11.6 Å². The first-order valence-corrected chi connectivity index (χ1v) is 4.19. The van der Waals surface area contributed by atoms with Crippen molar-refractivity contribution in [2.45, 2.75) is 6.42 Å². The first kappa shape index (κ1) is 6.65. The van der Waals surface area contributed by atoms with Gasteiger partial charge in [0.2, 0.25) is 0 Å². The van der Waals surface area contributed by atoms with E-state index in [9.17, 15) is 0 Å². The molecule has 0 aliphatic heterocycles. The fourth-order valence-corrected chi connectivity index (χ4v) is 1.98. The van der Waals surface area contributed by atoms with Crippen molar-refractivity contribution in [1.29, 1.82) is 0 Å². The van der Waals surface area contributed by atoms with E-state index in [0.717, 1.165) is 18.1 Å². The van der Waals surface area contributed by atoms with Gasteiger partial charge in [-0.3, -0.25) is 0 Å². The number of hydrogen-bond acceptors (Lipinski definition) is 2. The van der Waals surface area contributed by atoms with Gasteiger partial charge in [0.05, 0.1) is 0 Å². The standard InChI is InChI=1S/C9H10N4/c10-8-1-4-5-2-9(11)13-7(5)3-6(4)12-8/h1-2,12-13H,3,10-11H2. The molecule has 66 valence electrons. The lowest BCUT2D eigenvalue weighted by Crippen LogP contribution is -1.89. The predicted octanol–water partition coefficient (Wildman–Crippen LogP) is 1.08. The number of anilines is 2. The highest BCUT2D eigenvalue weighted by molar-refractivity contribution is 5.79. The van der Waals surface area contributed by atoms with E-state index in [4.69, 9.17) is 11.5 Å². The summed E-state index contributed by atoms with van der Waals surface area (Å²) in [7, 11) is 0. The maximum atomic E-state index is 5.66. The monoisotopic (exact) mass is 174 g/mol. The van der Waals surface area contributed by atoms with Crippen LogP contribution >= 0.6 is 0 Å². The third-order valence-corrected chi connectivity index (χ3v) is 2.48. The zero-order valence-corrected chi connectivity index (χ0v) is 7.02. The van der Waals surface area contributed by atoms with Crippen molar-refractivity contribution in [3.63, 3.8) is 0 Å². The Hall–Kier alpha value is -1.84. The minimum absolute atomic E-state index is 0.718. The molecular formula is C9H10N4. The van der Waals surface area contributed by atoms with Crippen LogP contribution in [0.1, 0.15) is 11.4 Å². The van der Waals surface area contributed by atoms with Gasteiger partial charge in [0.25, 0.3) is 0 Å². The van der Waals surface area contributed by atoms with E-state index in [1.54, 1.807) is 0 Å². The Labute approximate surface area is 74.9 Å². The lowest BCUT2D eigenvalue weighted by atomic mass is 10.2. The van der Waals surface area contributed by atoms with E-state index in [0.29, 0.717) is 0 Å². The van der Waals surface area contributed by atoms with Crippen molar-refractivity contribution in [2.24, 2.45) is 0 Å². The van der Waals surface area contributed by atoms with Gasteiger partial charge in [0.15, 0.2) is 0 Å². The first-order chi connectivity index (χ1) is 6.24. The molecule has 4 heteroatoms. The molecule has 3 rings (SSSR count). The van der Waals surface area contributed by atoms with Crippen molar-refractivity contribution in [3.8, 4) is 11.1 Å². The lowest BCUT2D eigenvalue weighted by molar-refractivity contribution is 1.09. The summed E-state index contributed by atoms with van der Waals surface area (Å²) in [5.74, 6) is 1.44. The van der Waals surface area contributed by atoms with Crippen molar-refractivity contribution < 1.29 is 0 Å². The summed E-state index contributed by atoms with van der Waals surface area (Å²) in [6.45, 7) is 0. The molecule has 1 aliphatic carbocycles. The average molecular weight is 174 g/mol. The van der Waals surface area contributed by atoms with Crippen molar-refractivity contribution in [1.82, 2.24) is 9.97 Å². The molecule has 0 unspecified atom stereocenters. The fourth-order valence-electron chi connectivity index (χ4n) is 1.98. The molecule has 4 nitrogen and oxygen atoms in total. The molecule has 0 bridgehead atoms. The lowest BCUT2D eigenvalue weighted by Gasteiger charge is -1.90. The Morgan fingerprint density at radius 3 is 1.85 bits per heavy atom. The van der Waals surface area contributed by atoms with Gasteiger partial charge in [-0.25, -0.2) is 0 Å². The Bertz CT molecular complexity index is 434. The molecule has 1 aliphatic rings. The van der Waals surface area contributed by atoms with E-state index in [1.807, 2.05) is 12.1 Å². The van der Waals surface area contributed by atoms with Gasteiger partial charge in [-0.15, -0.1) is 0 Å².